The van der Waals surface area contributed by atoms with Crippen LogP contribution in [0.3, 0.4) is 0 Å². The molecule has 1 aromatic carbocycles. The number of phenols is 1. The van der Waals surface area contributed by atoms with E-state index in [9.17, 15) is 5.11 Å². The molecule has 1 aliphatic heterocycles. The molecule has 3 N–H and O–H groups in total. The van der Waals surface area contributed by atoms with Gasteiger partial charge in [-0.3, -0.25) is 4.90 Å². The molecular weight excluding hydrogens is 280 g/mol. The maximum absolute atomic E-state index is 9.88. The lowest BCUT2D eigenvalue weighted by molar-refractivity contribution is 0.312. The highest BCUT2D eigenvalue weighted by atomic mass is 79.9. The van der Waals surface area contributed by atoms with Crippen molar-refractivity contribution in [3.05, 3.63) is 27.7 Å². The molecule has 4 heteroatoms. The molecule has 0 aromatic heterocycles. The van der Waals surface area contributed by atoms with Gasteiger partial charge in [0.1, 0.15) is 5.75 Å². The first-order valence-corrected chi connectivity index (χ1v) is 6.71. The summed E-state index contributed by atoms with van der Waals surface area (Å²) in [5, 5.41) is 9.88. The molecule has 0 spiro atoms. The van der Waals surface area contributed by atoms with Gasteiger partial charge in [0.15, 0.2) is 0 Å². The Hall–Kier alpha value is -0.580. The SMILES string of the molecule is Cc1c(O)cc(C2CC(CN)CN2C)cc1Br. The highest BCUT2D eigenvalue weighted by molar-refractivity contribution is 9.10. The molecule has 2 rings (SSSR count). The van der Waals surface area contributed by atoms with Gasteiger partial charge >= 0.3 is 0 Å². The maximum Gasteiger partial charge on any atom is 0.119 e. The summed E-state index contributed by atoms with van der Waals surface area (Å²) in [6.07, 6.45) is 1.07. The fourth-order valence-electron chi connectivity index (χ4n) is 2.54. The van der Waals surface area contributed by atoms with E-state index in [1.165, 1.54) is 5.56 Å². The predicted octanol–water partition coefficient (Wildman–Crippen LogP) is 2.41. The third-order valence-corrected chi connectivity index (χ3v) is 4.52. The minimum atomic E-state index is 0.360. The smallest absolute Gasteiger partial charge is 0.119 e. The first-order chi connectivity index (χ1) is 8.02. The van der Waals surface area contributed by atoms with Gasteiger partial charge in [0, 0.05) is 22.6 Å². The summed E-state index contributed by atoms with van der Waals surface area (Å²) in [5.74, 6) is 0.922. The third-order valence-electron chi connectivity index (χ3n) is 3.69. The van der Waals surface area contributed by atoms with Gasteiger partial charge in [0.25, 0.3) is 0 Å². The number of hydrogen-bond acceptors (Lipinski definition) is 3. The minimum Gasteiger partial charge on any atom is -0.508 e. The first-order valence-electron chi connectivity index (χ1n) is 5.92. The van der Waals surface area contributed by atoms with Crippen LogP contribution in [-0.2, 0) is 0 Å². The maximum atomic E-state index is 9.88. The van der Waals surface area contributed by atoms with Crippen LogP contribution < -0.4 is 5.73 Å². The normalized spacial score (nSPS) is 25.4. The third kappa shape index (κ3) is 2.49. The Balaban J connectivity index is 2.29. The molecule has 2 atom stereocenters. The molecule has 0 bridgehead atoms. The molecule has 1 saturated heterocycles. The Kier molecular flexibility index (Phi) is 3.76. The van der Waals surface area contributed by atoms with Crippen LogP contribution in [0, 0.1) is 12.8 Å². The monoisotopic (exact) mass is 298 g/mol. The van der Waals surface area contributed by atoms with Gasteiger partial charge in [-0.1, -0.05) is 15.9 Å². The van der Waals surface area contributed by atoms with Crippen molar-refractivity contribution in [3.8, 4) is 5.75 Å². The van der Waals surface area contributed by atoms with Gasteiger partial charge in [-0.25, -0.2) is 0 Å². The number of nitrogens with zero attached hydrogens (tertiary/aromatic N) is 1. The highest BCUT2D eigenvalue weighted by Gasteiger charge is 2.30. The fourth-order valence-corrected chi connectivity index (χ4v) is 3.01. The number of nitrogens with two attached hydrogens (primary N) is 1. The molecule has 1 aliphatic rings. The first kappa shape index (κ1) is 12.9. The number of halogens is 1. The molecule has 0 radical (unpaired) electrons. The molecule has 1 aromatic rings. The van der Waals surface area contributed by atoms with Gasteiger partial charge in [0.05, 0.1) is 0 Å². The summed E-state index contributed by atoms with van der Waals surface area (Å²) in [6.45, 7) is 3.68. The Morgan fingerprint density at radius 2 is 2.24 bits per heavy atom. The molecule has 1 fully saturated rings. The summed E-state index contributed by atoms with van der Waals surface area (Å²) >= 11 is 3.49. The fraction of sp³-hybridized carbons (Fsp3) is 0.538. The average Bonchev–Trinajstić information content (AvgIpc) is 2.67. The van der Waals surface area contributed by atoms with Crippen LogP contribution in [0.5, 0.6) is 5.75 Å². The largest absolute Gasteiger partial charge is 0.508 e. The summed E-state index contributed by atoms with van der Waals surface area (Å²) in [7, 11) is 2.12. The Bertz CT molecular complexity index is 399. The van der Waals surface area contributed by atoms with Gasteiger partial charge in [-0.15, -0.1) is 0 Å². The molecule has 3 nitrogen and oxygen atoms in total. The number of rotatable bonds is 2. The molecule has 1 heterocycles. The van der Waals surface area contributed by atoms with Crippen LogP contribution in [0.2, 0.25) is 0 Å². The topological polar surface area (TPSA) is 49.5 Å². The van der Waals surface area contributed by atoms with Gasteiger partial charge < -0.3 is 10.8 Å². The van der Waals surface area contributed by atoms with Crippen molar-refractivity contribution in [1.29, 1.82) is 0 Å². The molecule has 0 aliphatic carbocycles. The minimum absolute atomic E-state index is 0.360. The zero-order valence-electron chi connectivity index (χ0n) is 10.3. The number of phenolic OH excluding ortho intramolecular Hbond substituents is 1. The van der Waals surface area contributed by atoms with Gasteiger partial charge in [0.2, 0.25) is 0 Å². The van der Waals surface area contributed by atoms with Crippen molar-refractivity contribution in [1.82, 2.24) is 4.90 Å². The lowest BCUT2D eigenvalue weighted by Crippen LogP contribution is -2.20. The van der Waals surface area contributed by atoms with Crippen molar-refractivity contribution in [2.24, 2.45) is 11.7 Å². The molecule has 94 valence electrons. The van der Waals surface area contributed by atoms with Crippen molar-refractivity contribution >= 4 is 15.9 Å². The molecular formula is C13H19BrN2O. The lowest BCUT2D eigenvalue weighted by atomic mass is 9.98. The summed E-state index contributed by atoms with van der Waals surface area (Å²) in [5.41, 5.74) is 7.79. The second-order valence-corrected chi connectivity index (χ2v) is 5.79. The average molecular weight is 299 g/mol. The van der Waals surface area contributed by atoms with E-state index in [1.54, 1.807) is 0 Å². The van der Waals surface area contributed by atoms with E-state index in [0.29, 0.717) is 17.7 Å². The van der Waals surface area contributed by atoms with E-state index in [2.05, 4.69) is 33.9 Å². The van der Waals surface area contributed by atoms with Crippen LogP contribution in [0.25, 0.3) is 0 Å². The van der Waals surface area contributed by atoms with E-state index >= 15 is 0 Å². The highest BCUT2D eigenvalue weighted by Crippen LogP contribution is 2.37. The molecule has 17 heavy (non-hydrogen) atoms. The summed E-state index contributed by atoms with van der Waals surface area (Å²) in [6, 6.07) is 4.35. The van der Waals surface area contributed by atoms with E-state index in [0.717, 1.165) is 29.5 Å². The molecule has 0 amide bonds. The van der Waals surface area contributed by atoms with Gasteiger partial charge in [-0.2, -0.15) is 0 Å². The van der Waals surface area contributed by atoms with Crippen molar-refractivity contribution in [2.75, 3.05) is 20.1 Å². The second-order valence-electron chi connectivity index (χ2n) is 4.94. The Labute approximate surface area is 111 Å². The second kappa shape index (κ2) is 4.96. The van der Waals surface area contributed by atoms with Crippen LogP contribution in [0.4, 0.5) is 0 Å². The van der Waals surface area contributed by atoms with Crippen molar-refractivity contribution in [2.45, 2.75) is 19.4 Å². The molecule has 2 unspecified atom stereocenters. The Morgan fingerprint density at radius 3 is 2.76 bits per heavy atom. The Morgan fingerprint density at radius 1 is 1.53 bits per heavy atom. The zero-order chi connectivity index (χ0) is 12.6. The van der Waals surface area contributed by atoms with E-state index in [1.807, 2.05) is 13.0 Å². The van der Waals surface area contributed by atoms with Crippen LogP contribution in [0.15, 0.2) is 16.6 Å². The van der Waals surface area contributed by atoms with Crippen molar-refractivity contribution < 1.29 is 5.11 Å². The van der Waals surface area contributed by atoms with E-state index < -0.39 is 0 Å². The summed E-state index contributed by atoms with van der Waals surface area (Å²) < 4.78 is 0.970. The number of hydrogen-bond donors (Lipinski definition) is 2. The van der Waals surface area contributed by atoms with E-state index in [-0.39, 0.29) is 0 Å². The number of benzene rings is 1. The van der Waals surface area contributed by atoms with E-state index in [4.69, 9.17) is 5.73 Å². The van der Waals surface area contributed by atoms with Gasteiger partial charge in [-0.05, 0) is 50.6 Å². The standard InChI is InChI=1S/C13H19BrN2O/c1-8-11(14)4-10(5-13(8)17)12-3-9(6-15)7-16(12)2/h4-5,9,12,17H,3,6-7,15H2,1-2H3. The van der Waals surface area contributed by atoms with Crippen molar-refractivity contribution in [3.63, 3.8) is 0 Å². The number of aromatic hydroxyl groups is 1. The van der Waals surface area contributed by atoms with Crippen LogP contribution in [0.1, 0.15) is 23.6 Å². The predicted molar refractivity (Wildman–Crippen MR) is 73.1 cm³/mol. The summed E-state index contributed by atoms with van der Waals surface area (Å²) in [4.78, 5) is 2.31. The zero-order valence-corrected chi connectivity index (χ0v) is 11.9. The van der Waals surface area contributed by atoms with Crippen LogP contribution in [-0.4, -0.2) is 30.1 Å². The lowest BCUT2D eigenvalue weighted by Gasteiger charge is -2.20. The number of likely N-dealkylation sites (tertiary alicyclic amines) is 1. The quantitative estimate of drug-likeness (QED) is 0.881. The van der Waals surface area contributed by atoms with Crippen LogP contribution >= 0.6 is 15.9 Å². The molecule has 0 saturated carbocycles.